The number of rotatable bonds is 8. The monoisotopic (exact) mass is 553 g/mol. The molecule has 2 heterocycles. The molecular weight excluding hydrogens is 534 g/mol. The van der Waals surface area contributed by atoms with Crippen molar-refractivity contribution in [1.82, 2.24) is 9.55 Å². The molecule has 21 heteroatoms. The van der Waals surface area contributed by atoms with Crippen molar-refractivity contribution in [3.8, 4) is 11.8 Å². The van der Waals surface area contributed by atoms with Gasteiger partial charge in [0.1, 0.15) is 18.9 Å². The van der Waals surface area contributed by atoms with Gasteiger partial charge in [0.2, 0.25) is 0 Å². The molecule has 2 rings (SSSR count). The highest BCUT2D eigenvalue weighted by molar-refractivity contribution is 7.66. The summed E-state index contributed by atoms with van der Waals surface area (Å²) in [6.45, 7) is -0.242. The smallest absolute Gasteiger partial charge is 0.387 e. The van der Waals surface area contributed by atoms with E-state index in [1.54, 1.807) is 0 Å². The number of nitrogens with one attached hydrogen (secondary N) is 1. The summed E-state index contributed by atoms with van der Waals surface area (Å²) in [5.41, 5.74) is 1.95. The number of aromatic amines is 1. The molecule has 1 fully saturated rings. The van der Waals surface area contributed by atoms with E-state index in [0.29, 0.717) is 4.57 Å². The summed E-state index contributed by atoms with van der Waals surface area (Å²) in [5.74, 6) is 4.13. The SMILES string of the molecule is C[C@@H](OP(=O)(O)OP(=O)(O)OP(=O)(O)O)[C@H]1O[C@@H](n2ccc(=O)[nH]c2=O)C(N)(C#CCF)[C@H]1O. The Balaban J connectivity index is 2.35. The van der Waals surface area contributed by atoms with Crippen LogP contribution >= 0.6 is 23.5 Å². The van der Waals surface area contributed by atoms with Crippen LogP contribution in [0, 0.1) is 11.8 Å². The molecule has 8 N–H and O–H groups in total. The molecule has 0 bridgehead atoms. The van der Waals surface area contributed by atoms with Gasteiger partial charge in [-0.15, -0.1) is 0 Å². The van der Waals surface area contributed by atoms with E-state index in [-0.39, 0.29) is 0 Å². The molecule has 1 saturated heterocycles. The van der Waals surface area contributed by atoms with Gasteiger partial charge in [-0.3, -0.25) is 18.9 Å². The molecule has 0 aromatic carbocycles. The van der Waals surface area contributed by atoms with E-state index in [1.807, 2.05) is 10.9 Å². The van der Waals surface area contributed by atoms with Gasteiger partial charge in [-0.25, -0.2) is 22.9 Å². The minimum absolute atomic E-state index is 0.690. The number of alkyl halides is 1. The second-order valence-electron chi connectivity index (χ2n) is 6.69. The van der Waals surface area contributed by atoms with Crippen molar-refractivity contribution < 1.29 is 60.6 Å². The number of hydrogen-bond acceptors (Lipinski definition) is 11. The number of aromatic nitrogens is 2. The van der Waals surface area contributed by atoms with Crippen LogP contribution in [0.15, 0.2) is 21.9 Å². The lowest BCUT2D eigenvalue weighted by molar-refractivity contribution is -0.0755. The topological polar surface area (TPSA) is 270 Å². The number of hydrogen-bond donors (Lipinski definition) is 7. The van der Waals surface area contributed by atoms with Crippen molar-refractivity contribution in [3.05, 3.63) is 33.1 Å². The second kappa shape index (κ2) is 10.2. The zero-order valence-electron chi connectivity index (χ0n) is 16.8. The number of halogens is 1. The van der Waals surface area contributed by atoms with Gasteiger partial charge >= 0.3 is 29.2 Å². The molecule has 34 heavy (non-hydrogen) atoms. The average Bonchev–Trinajstić information content (AvgIpc) is 2.88. The van der Waals surface area contributed by atoms with Crippen molar-refractivity contribution in [2.24, 2.45) is 5.73 Å². The molecule has 1 aliphatic rings. The average molecular weight is 553 g/mol. The summed E-state index contributed by atoms with van der Waals surface area (Å²) < 4.78 is 64.8. The predicted molar refractivity (Wildman–Crippen MR) is 106 cm³/mol. The molecule has 1 aromatic rings. The Morgan fingerprint density at radius 2 is 1.88 bits per heavy atom. The van der Waals surface area contributed by atoms with Crippen LogP contribution in [0.4, 0.5) is 4.39 Å². The van der Waals surface area contributed by atoms with Crippen LogP contribution in [-0.2, 0) is 31.6 Å². The van der Waals surface area contributed by atoms with Crippen LogP contribution in [0.2, 0.25) is 0 Å². The minimum Gasteiger partial charge on any atom is -0.387 e. The third-order valence-corrected chi connectivity index (χ3v) is 8.08. The third-order valence-electron chi connectivity index (χ3n) is 4.15. The zero-order chi connectivity index (χ0) is 26.1. The molecule has 0 radical (unpaired) electrons. The number of phosphoric ester groups is 1. The van der Waals surface area contributed by atoms with Crippen molar-refractivity contribution in [2.75, 3.05) is 6.67 Å². The fraction of sp³-hybridized carbons (Fsp3) is 0.538. The first kappa shape index (κ1) is 28.7. The Hall–Kier alpha value is -1.54. The molecule has 0 aliphatic carbocycles. The number of phosphoric acid groups is 3. The van der Waals surface area contributed by atoms with Crippen molar-refractivity contribution >= 4 is 23.5 Å². The van der Waals surface area contributed by atoms with E-state index in [1.165, 1.54) is 0 Å². The van der Waals surface area contributed by atoms with E-state index in [2.05, 4.69) is 19.1 Å². The van der Waals surface area contributed by atoms with Crippen LogP contribution in [-0.4, -0.2) is 64.8 Å². The Bertz CT molecular complexity index is 1230. The third kappa shape index (κ3) is 7.00. The van der Waals surface area contributed by atoms with Crippen LogP contribution in [0.25, 0.3) is 0 Å². The summed E-state index contributed by atoms with van der Waals surface area (Å²) in [6, 6.07) is 0.892. The highest BCUT2D eigenvalue weighted by Gasteiger charge is 2.57. The minimum atomic E-state index is -5.82. The van der Waals surface area contributed by atoms with Crippen LogP contribution in [0.3, 0.4) is 0 Å². The van der Waals surface area contributed by atoms with Crippen LogP contribution in [0.5, 0.6) is 0 Å². The van der Waals surface area contributed by atoms with Gasteiger partial charge in [-0.05, 0) is 6.92 Å². The number of nitrogens with zero attached hydrogens (tertiary/aromatic N) is 1. The van der Waals surface area contributed by atoms with E-state index in [0.717, 1.165) is 19.2 Å². The quantitative estimate of drug-likeness (QED) is 0.138. The molecule has 3 unspecified atom stereocenters. The molecule has 192 valence electrons. The lowest BCUT2D eigenvalue weighted by atomic mass is 9.90. The highest BCUT2D eigenvalue weighted by Crippen LogP contribution is 2.66. The predicted octanol–water partition coefficient (Wildman–Crippen LogP) is -1.80. The summed E-state index contributed by atoms with van der Waals surface area (Å²) in [4.78, 5) is 61.4. The van der Waals surface area contributed by atoms with E-state index < -0.39 is 71.5 Å². The maximum atomic E-state index is 12.7. The first-order chi connectivity index (χ1) is 15.4. The van der Waals surface area contributed by atoms with Crippen LogP contribution < -0.4 is 17.0 Å². The van der Waals surface area contributed by atoms with Gasteiger partial charge < -0.3 is 35.2 Å². The fourth-order valence-electron chi connectivity index (χ4n) is 2.92. The molecule has 1 aromatic heterocycles. The fourth-order valence-corrected chi connectivity index (χ4v) is 6.12. The Morgan fingerprint density at radius 1 is 1.26 bits per heavy atom. The summed E-state index contributed by atoms with van der Waals surface area (Å²) >= 11 is 0. The van der Waals surface area contributed by atoms with Gasteiger partial charge in [-0.1, -0.05) is 11.8 Å². The normalized spacial score (nSPS) is 29.5. The maximum absolute atomic E-state index is 12.7. The molecular formula is C13H19FN3O14P3. The van der Waals surface area contributed by atoms with Gasteiger partial charge in [0.05, 0.1) is 6.10 Å². The Labute approximate surface area is 188 Å². The molecule has 1 aliphatic heterocycles. The number of aliphatic hydroxyl groups is 1. The van der Waals surface area contributed by atoms with E-state index >= 15 is 0 Å². The van der Waals surface area contributed by atoms with Gasteiger partial charge in [0.25, 0.3) is 5.56 Å². The van der Waals surface area contributed by atoms with Crippen molar-refractivity contribution in [2.45, 2.75) is 37.0 Å². The lowest BCUT2D eigenvalue weighted by Gasteiger charge is -2.28. The Morgan fingerprint density at radius 3 is 2.41 bits per heavy atom. The maximum Gasteiger partial charge on any atom is 0.490 e. The van der Waals surface area contributed by atoms with E-state index in [9.17, 15) is 42.6 Å². The van der Waals surface area contributed by atoms with Crippen LogP contribution in [0.1, 0.15) is 13.2 Å². The van der Waals surface area contributed by atoms with E-state index in [4.69, 9.17) is 20.3 Å². The highest BCUT2D eigenvalue weighted by atomic mass is 31.3. The second-order valence-corrected chi connectivity index (χ2v) is 11.1. The Kier molecular flexibility index (Phi) is 8.62. The number of aliphatic hydroxyl groups excluding tert-OH is 1. The number of nitrogens with two attached hydrogens (primary N) is 1. The first-order valence-corrected chi connectivity index (χ1v) is 13.2. The zero-order valence-corrected chi connectivity index (χ0v) is 19.5. The largest absolute Gasteiger partial charge is 0.490 e. The van der Waals surface area contributed by atoms with Gasteiger partial charge in [0, 0.05) is 12.3 Å². The summed E-state index contributed by atoms with van der Waals surface area (Å²) in [5, 5.41) is 10.7. The molecule has 0 saturated carbocycles. The van der Waals surface area contributed by atoms with Gasteiger partial charge in [0.15, 0.2) is 11.8 Å². The molecule has 0 amide bonds. The van der Waals surface area contributed by atoms with Crippen molar-refractivity contribution in [1.29, 1.82) is 0 Å². The molecule has 17 nitrogen and oxygen atoms in total. The lowest BCUT2D eigenvalue weighted by Crippen LogP contribution is -2.55. The molecule has 0 spiro atoms. The van der Waals surface area contributed by atoms with Gasteiger partial charge in [-0.2, -0.15) is 8.62 Å². The first-order valence-electron chi connectivity index (χ1n) is 8.73. The molecule has 7 atom stereocenters. The van der Waals surface area contributed by atoms with Crippen molar-refractivity contribution in [3.63, 3.8) is 0 Å². The summed E-state index contributed by atoms with van der Waals surface area (Å²) in [7, 11) is -17.1. The standard InChI is InChI=1S/C13H19FN3O14P3/c1-7(29-33(24,25)31-34(26,27)30-32(21,22)23)9-10(19)13(15,4-2-5-14)11(28-9)17-6-3-8(18)16-12(17)20/h3,6-7,9-11,19H,5,15H2,1H3,(H,24,25)(H,26,27)(H,16,18,20)(H2,21,22,23)/t7-,9-,10+,11-,13?/m1/s1. The summed E-state index contributed by atoms with van der Waals surface area (Å²) in [6.07, 6.45) is -6.22. The number of ether oxygens (including phenoxy) is 1. The number of H-pyrrole nitrogens is 1.